The normalized spacial score (nSPS) is 14.1. The summed E-state index contributed by atoms with van der Waals surface area (Å²) in [4.78, 5) is 48.9. The Labute approximate surface area is 206 Å². The lowest BCUT2D eigenvalue weighted by Gasteiger charge is -2.18. The molecule has 0 atom stereocenters. The van der Waals surface area contributed by atoms with Crippen LogP contribution in [0.4, 0.5) is 5.00 Å². The Morgan fingerprint density at radius 1 is 1.06 bits per heavy atom. The van der Waals surface area contributed by atoms with Crippen LogP contribution in [0.5, 0.6) is 0 Å². The third kappa shape index (κ3) is 4.67. The van der Waals surface area contributed by atoms with Gasteiger partial charge in [-0.1, -0.05) is 0 Å². The molecule has 0 spiro atoms. The molecule has 0 unspecified atom stereocenters. The Balaban J connectivity index is 1.68. The highest BCUT2D eigenvalue weighted by molar-refractivity contribution is 7.18. The summed E-state index contributed by atoms with van der Waals surface area (Å²) < 4.78 is 6.68. The van der Waals surface area contributed by atoms with Crippen LogP contribution in [0.25, 0.3) is 10.2 Å². The molecular formula is C24H30N4O4S2. The number of thiophene rings is 2. The zero-order chi connectivity index (χ0) is 24.6. The van der Waals surface area contributed by atoms with Crippen molar-refractivity contribution in [2.45, 2.75) is 60.5 Å². The number of rotatable bonds is 7. The van der Waals surface area contributed by atoms with E-state index in [9.17, 15) is 14.4 Å². The topological polar surface area (TPSA) is 93.5 Å². The Morgan fingerprint density at radius 3 is 2.41 bits per heavy atom. The summed E-state index contributed by atoms with van der Waals surface area (Å²) in [5.41, 5.74) is 1.88. The smallest absolute Gasteiger partial charge is 0.341 e. The lowest BCUT2D eigenvalue weighted by atomic mass is 10.1. The number of esters is 1. The predicted octanol–water partition coefficient (Wildman–Crippen LogP) is 4.16. The van der Waals surface area contributed by atoms with Crippen LogP contribution < -0.4 is 10.9 Å². The third-order valence-corrected chi connectivity index (χ3v) is 8.57. The molecule has 0 aliphatic carbocycles. The number of anilines is 1. The Morgan fingerprint density at radius 2 is 1.74 bits per heavy atom. The van der Waals surface area contributed by atoms with Gasteiger partial charge in [0.05, 0.1) is 24.1 Å². The van der Waals surface area contributed by atoms with Gasteiger partial charge in [-0.2, -0.15) is 0 Å². The maximum Gasteiger partial charge on any atom is 0.341 e. The zero-order valence-corrected chi connectivity index (χ0v) is 21.9. The van der Waals surface area contributed by atoms with E-state index >= 15 is 0 Å². The quantitative estimate of drug-likeness (QED) is 0.488. The molecule has 10 heteroatoms. The van der Waals surface area contributed by atoms with E-state index in [0.29, 0.717) is 28.3 Å². The van der Waals surface area contributed by atoms with Gasteiger partial charge in [-0.25, -0.2) is 9.78 Å². The van der Waals surface area contributed by atoms with E-state index in [1.807, 2.05) is 27.7 Å². The van der Waals surface area contributed by atoms with Crippen LogP contribution in [0.1, 0.15) is 56.8 Å². The van der Waals surface area contributed by atoms with Crippen molar-refractivity contribution in [2.24, 2.45) is 0 Å². The van der Waals surface area contributed by atoms with Gasteiger partial charge in [0.15, 0.2) is 0 Å². The van der Waals surface area contributed by atoms with E-state index < -0.39 is 5.97 Å². The number of aromatic nitrogens is 2. The summed E-state index contributed by atoms with van der Waals surface area (Å²) in [6.45, 7) is 11.9. The van der Waals surface area contributed by atoms with Crippen LogP contribution in [-0.4, -0.2) is 46.0 Å². The Kier molecular flexibility index (Phi) is 7.20. The van der Waals surface area contributed by atoms with Gasteiger partial charge in [0.25, 0.3) is 5.56 Å². The van der Waals surface area contributed by atoms with Gasteiger partial charge in [0, 0.05) is 9.75 Å². The number of hydrogen-bond acceptors (Lipinski definition) is 8. The molecule has 0 bridgehead atoms. The number of ether oxygens (including phenoxy) is 1. The number of likely N-dealkylation sites (tertiary alicyclic amines) is 1. The molecule has 1 aliphatic rings. The largest absolute Gasteiger partial charge is 0.462 e. The second-order valence-corrected chi connectivity index (χ2v) is 11.0. The summed E-state index contributed by atoms with van der Waals surface area (Å²) in [5, 5.41) is 3.88. The van der Waals surface area contributed by atoms with Crippen molar-refractivity contribution < 1.29 is 14.3 Å². The number of nitrogens with one attached hydrogen (secondary N) is 1. The molecule has 0 aromatic carbocycles. The van der Waals surface area contributed by atoms with E-state index in [4.69, 9.17) is 9.72 Å². The van der Waals surface area contributed by atoms with E-state index in [-0.39, 0.29) is 24.6 Å². The van der Waals surface area contributed by atoms with Crippen molar-refractivity contribution in [3.63, 3.8) is 0 Å². The molecule has 4 heterocycles. The molecule has 3 aromatic heterocycles. The van der Waals surface area contributed by atoms with Crippen molar-refractivity contribution in [3.8, 4) is 0 Å². The van der Waals surface area contributed by atoms with Crippen molar-refractivity contribution >= 4 is 49.8 Å². The fraction of sp³-hybridized carbons (Fsp3) is 0.500. The van der Waals surface area contributed by atoms with Crippen LogP contribution in [0.2, 0.25) is 0 Å². The number of aryl methyl sites for hydroxylation is 3. The van der Waals surface area contributed by atoms with Gasteiger partial charge in [0.2, 0.25) is 5.91 Å². The van der Waals surface area contributed by atoms with Gasteiger partial charge in [-0.05, 0) is 71.7 Å². The van der Waals surface area contributed by atoms with Crippen molar-refractivity contribution in [3.05, 3.63) is 42.6 Å². The van der Waals surface area contributed by atoms with Crippen LogP contribution in [-0.2, 0) is 22.6 Å². The first-order valence-electron chi connectivity index (χ1n) is 11.5. The minimum atomic E-state index is -0.459. The van der Waals surface area contributed by atoms with E-state index in [1.165, 1.54) is 27.2 Å². The number of hydrogen-bond donors (Lipinski definition) is 1. The summed E-state index contributed by atoms with van der Waals surface area (Å²) >= 11 is 2.85. The van der Waals surface area contributed by atoms with Crippen LogP contribution >= 0.6 is 22.7 Å². The van der Waals surface area contributed by atoms with E-state index in [0.717, 1.165) is 51.6 Å². The molecule has 182 valence electrons. The molecule has 8 nitrogen and oxygen atoms in total. The molecule has 0 saturated carbocycles. The summed E-state index contributed by atoms with van der Waals surface area (Å²) in [6.07, 6.45) is 2.25. The second-order valence-electron chi connectivity index (χ2n) is 8.62. The van der Waals surface area contributed by atoms with Crippen LogP contribution in [0, 0.1) is 27.7 Å². The number of nitrogens with zero attached hydrogens (tertiary/aromatic N) is 3. The second kappa shape index (κ2) is 9.97. The monoisotopic (exact) mass is 502 g/mol. The summed E-state index contributed by atoms with van der Waals surface area (Å²) in [5.74, 6) is -0.235. The Hall–Kier alpha value is -2.56. The van der Waals surface area contributed by atoms with Gasteiger partial charge < -0.3 is 10.1 Å². The van der Waals surface area contributed by atoms with Crippen molar-refractivity contribution in [1.82, 2.24) is 14.5 Å². The number of fused-ring (bicyclic) bond motifs is 1. The first-order chi connectivity index (χ1) is 16.2. The van der Waals surface area contributed by atoms with Crippen LogP contribution in [0.15, 0.2) is 4.79 Å². The fourth-order valence-corrected chi connectivity index (χ4v) is 6.37. The van der Waals surface area contributed by atoms with E-state index in [2.05, 4.69) is 10.2 Å². The maximum atomic E-state index is 13.5. The maximum absolute atomic E-state index is 13.5. The number of carbonyl (C=O) groups is 2. The highest BCUT2D eigenvalue weighted by Crippen LogP contribution is 2.33. The highest BCUT2D eigenvalue weighted by atomic mass is 32.1. The van der Waals surface area contributed by atoms with E-state index in [1.54, 1.807) is 6.92 Å². The predicted molar refractivity (Wildman–Crippen MR) is 136 cm³/mol. The summed E-state index contributed by atoms with van der Waals surface area (Å²) in [6, 6.07) is 0. The standard InChI is InChI=1S/C24H30N4O4S2/c1-6-32-24(31)20-14(3)16(5)34-22(20)26-18(29)12-28-17(11-27-9-7-8-10-27)25-21-19(23(28)30)13(2)15(4)33-21/h6-12H2,1-5H3,(H,26,29). The van der Waals surface area contributed by atoms with Gasteiger partial charge >= 0.3 is 5.97 Å². The zero-order valence-electron chi connectivity index (χ0n) is 20.2. The number of amides is 1. The lowest BCUT2D eigenvalue weighted by Crippen LogP contribution is -2.33. The molecule has 1 fully saturated rings. The fourth-order valence-electron chi connectivity index (χ4n) is 4.27. The first kappa shape index (κ1) is 24.6. The molecule has 1 aliphatic heterocycles. The van der Waals surface area contributed by atoms with Crippen molar-refractivity contribution in [2.75, 3.05) is 25.0 Å². The van der Waals surface area contributed by atoms with Gasteiger partial charge in [-0.3, -0.25) is 19.1 Å². The lowest BCUT2D eigenvalue weighted by molar-refractivity contribution is -0.116. The molecule has 1 saturated heterocycles. The average molecular weight is 503 g/mol. The van der Waals surface area contributed by atoms with Crippen molar-refractivity contribution in [1.29, 1.82) is 0 Å². The average Bonchev–Trinajstić information content (AvgIpc) is 3.45. The molecule has 0 radical (unpaired) electrons. The molecule has 4 rings (SSSR count). The number of carbonyl (C=O) groups excluding carboxylic acids is 2. The molecule has 1 amide bonds. The third-order valence-electron chi connectivity index (χ3n) is 6.35. The molecule has 1 N–H and O–H groups in total. The molecular weight excluding hydrogens is 472 g/mol. The minimum absolute atomic E-state index is 0.169. The van der Waals surface area contributed by atoms with Gasteiger partial charge in [0.1, 0.15) is 22.2 Å². The highest BCUT2D eigenvalue weighted by Gasteiger charge is 2.24. The van der Waals surface area contributed by atoms with Crippen LogP contribution in [0.3, 0.4) is 0 Å². The minimum Gasteiger partial charge on any atom is -0.462 e. The molecule has 34 heavy (non-hydrogen) atoms. The van der Waals surface area contributed by atoms with Gasteiger partial charge in [-0.15, -0.1) is 22.7 Å². The Bertz CT molecular complexity index is 1310. The SMILES string of the molecule is CCOC(=O)c1c(NC(=O)Cn2c(CN3CCCC3)nc3sc(C)c(C)c3c2=O)sc(C)c1C. The first-order valence-corrected chi connectivity index (χ1v) is 13.1. The summed E-state index contributed by atoms with van der Waals surface area (Å²) in [7, 11) is 0. The molecule has 3 aromatic rings.